The molecule has 0 N–H and O–H groups in total. The summed E-state index contributed by atoms with van der Waals surface area (Å²) in [5.74, 6) is 0.674. The highest BCUT2D eigenvalue weighted by Gasteiger charge is 2.17. The van der Waals surface area contributed by atoms with Crippen LogP contribution in [0.15, 0.2) is 200 Å². The van der Waals surface area contributed by atoms with E-state index < -0.39 is 0 Å². The molecular weight excluding hydrogens is 711 g/mol. The number of rotatable bonds is 6. The fourth-order valence-corrected chi connectivity index (χ4v) is 9.33. The number of nitrogens with zero attached hydrogens (tertiary/aromatic N) is 3. The molecule has 11 rings (SSSR count). The highest BCUT2D eigenvalue weighted by atomic mass is 32.1. The van der Waals surface area contributed by atoms with Gasteiger partial charge in [0.15, 0.2) is 5.82 Å². The summed E-state index contributed by atoms with van der Waals surface area (Å²) in [6.07, 6.45) is 0. The van der Waals surface area contributed by atoms with Crippen molar-refractivity contribution in [2.45, 2.75) is 0 Å². The Hall–Kier alpha value is -7.27. The molecule has 0 saturated carbocycles. The summed E-state index contributed by atoms with van der Waals surface area (Å²) < 4.78 is 2.60. The maximum Gasteiger partial charge on any atom is 0.160 e. The molecule has 3 heterocycles. The summed E-state index contributed by atoms with van der Waals surface area (Å²) in [7, 11) is 0. The molecule has 0 unspecified atom stereocenters. The third-order valence-electron chi connectivity index (χ3n) is 10.9. The first kappa shape index (κ1) is 33.1. The summed E-state index contributed by atoms with van der Waals surface area (Å²) in [5, 5.41) is 6.17. The number of hydrogen-bond acceptors (Lipinski definition) is 4. The number of benzene rings is 8. The van der Waals surface area contributed by atoms with E-state index in [2.05, 4.69) is 188 Å². The lowest BCUT2D eigenvalue weighted by molar-refractivity contribution is 1.18. The molecule has 0 saturated heterocycles. The Labute approximate surface area is 334 Å². The molecule has 0 fully saturated rings. The zero-order valence-corrected chi connectivity index (χ0v) is 31.6. The fourth-order valence-electron chi connectivity index (χ4n) is 8.06. The lowest BCUT2D eigenvalue weighted by Crippen LogP contribution is -1.97. The van der Waals surface area contributed by atoms with E-state index in [0.717, 1.165) is 61.4 Å². The Kier molecular flexibility index (Phi) is 8.01. The lowest BCUT2D eigenvalue weighted by Gasteiger charge is -2.13. The predicted octanol–water partition coefficient (Wildman–Crippen LogP) is 14.5. The van der Waals surface area contributed by atoms with E-state index in [1.54, 1.807) is 0 Å². The van der Waals surface area contributed by atoms with Crippen molar-refractivity contribution < 1.29 is 0 Å². The molecule has 3 nitrogen and oxygen atoms in total. The Bertz CT molecular complexity index is 3180. The van der Waals surface area contributed by atoms with Crippen LogP contribution in [0.5, 0.6) is 0 Å². The van der Waals surface area contributed by atoms with Crippen LogP contribution in [0.1, 0.15) is 0 Å². The molecule has 3 aromatic heterocycles. The van der Waals surface area contributed by atoms with Crippen LogP contribution in [0.2, 0.25) is 0 Å². The number of para-hydroxylation sites is 1. The molecule has 0 aliphatic heterocycles. The van der Waals surface area contributed by atoms with Gasteiger partial charge in [-0.2, -0.15) is 0 Å². The normalized spacial score (nSPS) is 11.5. The highest BCUT2D eigenvalue weighted by Crippen LogP contribution is 2.43. The van der Waals surface area contributed by atoms with Crippen molar-refractivity contribution >= 4 is 53.2 Å². The smallest absolute Gasteiger partial charge is 0.160 e. The summed E-state index contributed by atoms with van der Waals surface area (Å²) in [6.45, 7) is 0. The maximum absolute atomic E-state index is 5.28. The summed E-state index contributed by atoms with van der Waals surface area (Å²) in [6, 6.07) is 70.7. The standard InChI is InChI=1S/C53H33N3S/c1-3-13-34(14-4-1)38-17-11-19-40(31-38)47-33-48(41-20-12-18-39(32-41)35-15-5-2-6-16-35)56-53(55-47)37-27-25-36(26-28-37)51-45-30-29-43-42-21-8-10-24-49(42)57-52(43)50(45)44-22-7-9-23-46(44)54-51/h1-33H. The molecule has 0 radical (unpaired) electrons. The monoisotopic (exact) mass is 743 g/mol. The van der Waals surface area contributed by atoms with Crippen molar-refractivity contribution in [2.75, 3.05) is 0 Å². The molecule has 0 aliphatic carbocycles. The third kappa shape index (κ3) is 5.95. The lowest BCUT2D eigenvalue weighted by atomic mass is 9.97. The summed E-state index contributed by atoms with van der Waals surface area (Å²) in [5.41, 5.74) is 12.4. The van der Waals surface area contributed by atoms with E-state index in [1.807, 2.05) is 23.5 Å². The van der Waals surface area contributed by atoms with Gasteiger partial charge in [0.05, 0.1) is 22.6 Å². The molecule has 11 aromatic rings. The average Bonchev–Trinajstić information content (AvgIpc) is 3.68. The zero-order chi connectivity index (χ0) is 37.7. The molecule has 266 valence electrons. The molecule has 0 atom stereocenters. The second-order valence-corrected chi connectivity index (χ2v) is 15.4. The van der Waals surface area contributed by atoms with Crippen molar-refractivity contribution in [3.05, 3.63) is 200 Å². The van der Waals surface area contributed by atoms with Crippen LogP contribution < -0.4 is 0 Å². The Morgan fingerprint density at radius 2 is 0.842 bits per heavy atom. The van der Waals surface area contributed by atoms with Crippen molar-refractivity contribution in [2.24, 2.45) is 0 Å². The van der Waals surface area contributed by atoms with Crippen LogP contribution >= 0.6 is 11.3 Å². The van der Waals surface area contributed by atoms with Crippen LogP contribution in [0.3, 0.4) is 0 Å². The maximum atomic E-state index is 5.28. The summed E-state index contributed by atoms with van der Waals surface area (Å²) >= 11 is 1.86. The van der Waals surface area contributed by atoms with Gasteiger partial charge >= 0.3 is 0 Å². The molecule has 8 aromatic carbocycles. The van der Waals surface area contributed by atoms with Gasteiger partial charge in [-0.1, -0.05) is 170 Å². The minimum Gasteiger partial charge on any atom is -0.247 e. The molecule has 0 amide bonds. The number of aromatic nitrogens is 3. The number of hydrogen-bond donors (Lipinski definition) is 0. The first-order chi connectivity index (χ1) is 28.2. The van der Waals surface area contributed by atoms with Gasteiger partial charge in [0.2, 0.25) is 0 Å². The number of fused-ring (bicyclic) bond motifs is 7. The van der Waals surface area contributed by atoms with Crippen molar-refractivity contribution in [1.29, 1.82) is 0 Å². The van der Waals surface area contributed by atoms with Gasteiger partial charge in [-0.25, -0.2) is 15.0 Å². The van der Waals surface area contributed by atoms with Gasteiger partial charge in [0.1, 0.15) is 0 Å². The first-order valence-electron chi connectivity index (χ1n) is 19.2. The largest absolute Gasteiger partial charge is 0.247 e. The highest BCUT2D eigenvalue weighted by molar-refractivity contribution is 7.26. The second-order valence-electron chi connectivity index (χ2n) is 14.4. The minimum atomic E-state index is 0.674. The Morgan fingerprint density at radius 3 is 1.51 bits per heavy atom. The first-order valence-corrected chi connectivity index (χ1v) is 20.0. The van der Waals surface area contributed by atoms with E-state index in [4.69, 9.17) is 15.0 Å². The predicted molar refractivity (Wildman–Crippen MR) is 240 cm³/mol. The second kappa shape index (κ2) is 13.8. The van der Waals surface area contributed by atoms with Crippen LogP contribution in [0.4, 0.5) is 0 Å². The molecular formula is C53H33N3S. The van der Waals surface area contributed by atoms with Crippen molar-refractivity contribution in [3.8, 4) is 67.4 Å². The van der Waals surface area contributed by atoms with Gasteiger partial charge in [0.25, 0.3) is 0 Å². The van der Waals surface area contributed by atoms with Gasteiger partial charge in [-0.3, -0.25) is 0 Å². The molecule has 57 heavy (non-hydrogen) atoms. The Morgan fingerprint density at radius 1 is 0.316 bits per heavy atom. The van der Waals surface area contributed by atoms with E-state index in [0.29, 0.717) is 5.82 Å². The van der Waals surface area contributed by atoms with Crippen molar-refractivity contribution in [1.82, 2.24) is 15.0 Å². The van der Waals surface area contributed by atoms with E-state index >= 15 is 0 Å². The van der Waals surface area contributed by atoms with E-state index in [1.165, 1.54) is 42.1 Å². The SMILES string of the molecule is c1ccc(-c2cccc(-c3cc(-c4cccc(-c5ccccc5)c4)nc(-c4ccc(-c5nc6ccccc6c6c5ccc5c7ccccc7sc56)cc4)n3)c2)cc1. The zero-order valence-electron chi connectivity index (χ0n) is 30.8. The number of pyridine rings is 1. The Balaban J connectivity index is 1.05. The topological polar surface area (TPSA) is 38.7 Å². The molecule has 0 spiro atoms. The van der Waals surface area contributed by atoms with Crippen LogP contribution in [-0.4, -0.2) is 15.0 Å². The molecule has 4 heteroatoms. The minimum absolute atomic E-state index is 0.674. The van der Waals surface area contributed by atoms with Crippen LogP contribution in [-0.2, 0) is 0 Å². The fraction of sp³-hybridized carbons (Fsp3) is 0. The van der Waals surface area contributed by atoms with Crippen LogP contribution in [0.25, 0.3) is 109 Å². The number of thiophene rings is 1. The van der Waals surface area contributed by atoms with Gasteiger partial charge < -0.3 is 0 Å². The van der Waals surface area contributed by atoms with E-state index in [9.17, 15) is 0 Å². The average molecular weight is 744 g/mol. The van der Waals surface area contributed by atoms with Crippen LogP contribution in [0, 0.1) is 0 Å². The summed E-state index contributed by atoms with van der Waals surface area (Å²) in [4.78, 5) is 15.8. The van der Waals surface area contributed by atoms with Gasteiger partial charge in [-0.05, 0) is 52.6 Å². The third-order valence-corrected chi connectivity index (χ3v) is 12.1. The van der Waals surface area contributed by atoms with Gasteiger partial charge in [0, 0.05) is 58.6 Å². The van der Waals surface area contributed by atoms with E-state index in [-0.39, 0.29) is 0 Å². The molecule has 0 bridgehead atoms. The van der Waals surface area contributed by atoms with Crippen molar-refractivity contribution in [3.63, 3.8) is 0 Å². The van der Waals surface area contributed by atoms with Gasteiger partial charge in [-0.15, -0.1) is 11.3 Å². The quantitative estimate of drug-likeness (QED) is 0.159. The molecule has 0 aliphatic rings.